The third kappa shape index (κ3) is 6.03. The summed E-state index contributed by atoms with van der Waals surface area (Å²) >= 11 is 1.41. The minimum Gasteiger partial charge on any atom is -0.480 e. The van der Waals surface area contributed by atoms with Gasteiger partial charge < -0.3 is 20.1 Å². The zero-order valence-corrected chi connectivity index (χ0v) is 21.5. The third-order valence-electron chi connectivity index (χ3n) is 7.13. The molecule has 4 rings (SSSR count). The van der Waals surface area contributed by atoms with Crippen molar-refractivity contribution in [3.05, 3.63) is 59.7 Å². The molecule has 2 aliphatic rings. The molecular formula is C28H34N2O5S. The Labute approximate surface area is 216 Å². The summed E-state index contributed by atoms with van der Waals surface area (Å²) in [5.74, 6) is -0.305. The van der Waals surface area contributed by atoms with Crippen LogP contribution in [0.15, 0.2) is 48.5 Å². The number of fused-ring (bicyclic) bond motifs is 3. The lowest BCUT2D eigenvalue weighted by molar-refractivity contribution is -0.139. The Balaban J connectivity index is 1.25. The van der Waals surface area contributed by atoms with E-state index in [1.807, 2.05) is 41.3 Å². The molecular weight excluding hydrogens is 476 g/mol. The second-order valence-corrected chi connectivity index (χ2v) is 10.5. The Morgan fingerprint density at radius 3 is 2.39 bits per heavy atom. The minimum absolute atomic E-state index is 0.0882. The highest BCUT2D eigenvalue weighted by Gasteiger charge is 2.30. The van der Waals surface area contributed by atoms with Crippen LogP contribution in [0, 0.1) is 0 Å². The fourth-order valence-corrected chi connectivity index (χ4v) is 6.12. The maximum absolute atomic E-state index is 12.6. The summed E-state index contributed by atoms with van der Waals surface area (Å²) in [4.78, 5) is 38.8. The van der Waals surface area contributed by atoms with E-state index < -0.39 is 18.1 Å². The van der Waals surface area contributed by atoms with Crippen LogP contribution in [0.25, 0.3) is 11.1 Å². The van der Waals surface area contributed by atoms with Crippen LogP contribution in [0.2, 0.25) is 0 Å². The topological polar surface area (TPSA) is 95.9 Å². The minimum atomic E-state index is -1.11. The molecule has 36 heavy (non-hydrogen) atoms. The van der Waals surface area contributed by atoms with Crippen molar-refractivity contribution in [2.45, 2.75) is 57.0 Å². The first-order valence-corrected chi connectivity index (χ1v) is 13.9. The molecule has 7 nitrogen and oxygen atoms in total. The van der Waals surface area contributed by atoms with Gasteiger partial charge in [0.2, 0.25) is 5.91 Å². The van der Waals surface area contributed by atoms with E-state index in [2.05, 4.69) is 24.4 Å². The first-order chi connectivity index (χ1) is 17.5. The zero-order valence-electron chi connectivity index (χ0n) is 20.7. The predicted octanol–water partition coefficient (Wildman–Crippen LogP) is 4.89. The van der Waals surface area contributed by atoms with Gasteiger partial charge in [-0.1, -0.05) is 55.5 Å². The number of carboxylic acids is 1. The molecule has 2 unspecified atom stereocenters. The molecule has 0 spiro atoms. The van der Waals surface area contributed by atoms with Crippen LogP contribution in [0.1, 0.15) is 56.1 Å². The maximum atomic E-state index is 12.6. The smallest absolute Gasteiger partial charge is 0.407 e. The van der Waals surface area contributed by atoms with E-state index in [9.17, 15) is 19.5 Å². The van der Waals surface area contributed by atoms with Crippen molar-refractivity contribution in [1.29, 1.82) is 0 Å². The second kappa shape index (κ2) is 12.3. The molecule has 1 heterocycles. The van der Waals surface area contributed by atoms with Crippen LogP contribution in [0.4, 0.5) is 4.79 Å². The Kier molecular flexibility index (Phi) is 8.91. The van der Waals surface area contributed by atoms with Crippen LogP contribution in [-0.4, -0.2) is 64.7 Å². The van der Waals surface area contributed by atoms with Gasteiger partial charge in [0.25, 0.3) is 0 Å². The van der Waals surface area contributed by atoms with Crippen molar-refractivity contribution in [3.63, 3.8) is 0 Å². The highest BCUT2D eigenvalue weighted by molar-refractivity contribution is 7.99. The normalized spacial score (nSPS) is 17.7. The first kappa shape index (κ1) is 26.1. The molecule has 0 bridgehead atoms. The summed E-state index contributed by atoms with van der Waals surface area (Å²) in [5, 5.41) is 12.1. The van der Waals surface area contributed by atoms with Gasteiger partial charge in [-0.15, -0.1) is 0 Å². The molecule has 1 aliphatic heterocycles. The number of carboxylic acid groups (broad SMARTS) is 1. The van der Waals surface area contributed by atoms with Crippen LogP contribution >= 0.6 is 11.8 Å². The summed E-state index contributed by atoms with van der Waals surface area (Å²) in [6.45, 7) is 3.04. The second-order valence-electron chi connectivity index (χ2n) is 9.35. The lowest BCUT2D eigenvalue weighted by Crippen LogP contribution is -2.44. The highest BCUT2D eigenvalue weighted by Crippen LogP contribution is 2.44. The number of thioether (sulfide) groups is 1. The average Bonchev–Trinajstić information content (AvgIpc) is 3.22. The number of nitrogens with zero attached hydrogens (tertiary/aromatic N) is 1. The fraction of sp³-hybridized carbons (Fsp3) is 0.464. The zero-order chi connectivity index (χ0) is 25.5. The number of alkyl carbamates (subject to hydrolysis) is 1. The molecule has 1 aliphatic carbocycles. The number of nitrogens with one attached hydrogen (secondary N) is 1. The molecule has 2 aromatic rings. The van der Waals surface area contributed by atoms with Gasteiger partial charge in [-0.05, 0) is 60.1 Å². The number of hydrogen-bond acceptors (Lipinski definition) is 5. The van der Waals surface area contributed by atoms with E-state index in [4.69, 9.17) is 4.74 Å². The lowest BCUT2D eigenvalue weighted by Gasteiger charge is -2.35. The predicted molar refractivity (Wildman–Crippen MR) is 141 cm³/mol. The number of aliphatic carboxylic acids is 1. The maximum Gasteiger partial charge on any atom is 0.407 e. The molecule has 0 radical (unpaired) electrons. The quantitative estimate of drug-likeness (QED) is 0.442. The van der Waals surface area contributed by atoms with E-state index in [-0.39, 0.29) is 24.9 Å². The summed E-state index contributed by atoms with van der Waals surface area (Å²) in [6, 6.07) is 15.3. The third-order valence-corrected chi connectivity index (χ3v) is 8.10. The number of likely N-dealkylation sites (tertiary alicyclic amines) is 1. The standard InChI is InChI=1S/C28H34N2O5S/c1-2-19-9-7-8-15-30(19)26(31)18-36-16-14-25(27(32)33)29-28(34)35-17-24-22-12-5-3-10-20(22)21-11-4-6-13-23(21)24/h3-6,10-13,19,24-25H,2,7-9,14-18H2,1H3,(H,29,34)(H,32,33). The van der Waals surface area contributed by atoms with Gasteiger partial charge >= 0.3 is 12.1 Å². The molecule has 2 atom stereocenters. The number of carbonyl (C=O) groups excluding carboxylic acids is 2. The lowest BCUT2D eigenvalue weighted by atomic mass is 9.98. The fourth-order valence-electron chi connectivity index (χ4n) is 5.24. The molecule has 2 aromatic carbocycles. The Morgan fingerprint density at radius 1 is 1.08 bits per heavy atom. The van der Waals surface area contributed by atoms with Gasteiger partial charge in [0.15, 0.2) is 0 Å². The van der Waals surface area contributed by atoms with E-state index >= 15 is 0 Å². The average molecular weight is 511 g/mol. The van der Waals surface area contributed by atoms with E-state index in [0.717, 1.165) is 54.5 Å². The number of amides is 2. The van der Waals surface area contributed by atoms with Crippen LogP contribution in [-0.2, 0) is 14.3 Å². The monoisotopic (exact) mass is 510 g/mol. The summed E-state index contributed by atoms with van der Waals surface area (Å²) in [5.41, 5.74) is 4.46. The molecule has 8 heteroatoms. The molecule has 2 amide bonds. The first-order valence-electron chi connectivity index (χ1n) is 12.7. The molecule has 1 fully saturated rings. The number of benzene rings is 2. The molecule has 2 N–H and O–H groups in total. The number of ether oxygens (including phenoxy) is 1. The van der Waals surface area contributed by atoms with Gasteiger partial charge in [0.05, 0.1) is 5.75 Å². The Morgan fingerprint density at radius 2 is 1.75 bits per heavy atom. The van der Waals surface area contributed by atoms with Crippen molar-refractivity contribution >= 4 is 29.7 Å². The number of carbonyl (C=O) groups is 3. The van der Waals surface area contributed by atoms with E-state index in [1.165, 1.54) is 11.8 Å². The number of hydrogen-bond donors (Lipinski definition) is 2. The van der Waals surface area contributed by atoms with Gasteiger partial charge in [-0.25, -0.2) is 9.59 Å². The Hall–Kier alpha value is -3.00. The number of piperidine rings is 1. The summed E-state index contributed by atoms with van der Waals surface area (Å²) in [7, 11) is 0. The highest BCUT2D eigenvalue weighted by atomic mass is 32.2. The summed E-state index contributed by atoms with van der Waals surface area (Å²) < 4.78 is 5.49. The van der Waals surface area contributed by atoms with Crippen LogP contribution in [0.5, 0.6) is 0 Å². The van der Waals surface area contributed by atoms with Gasteiger partial charge in [-0.3, -0.25) is 4.79 Å². The Bertz CT molecular complexity index is 1050. The molecule has 0 saturated carbocycles. The van der Waals surface area contributed by atoms with Crippen molar-refractivity contribution in [1.82, 2.24) is 10.2 Å². The van der Waals surface area contributed by atoms with E-state index in [1.54, 1.807) is 0 Å². The van der Waals surface area contributed by atoms with Crippen LogP contribution < -0.4 is 5.32 Å². The van der Waals surface area contributed by atoms with Gasteiger partial charge in [0, 0.05) is 18.5 Å². The van der Waals surface area contributed by atoms with Crippen LogP contribution in [0.3, 0.4) is 0 Å². The van der Waals surface area contributed by atoms with Crippen molar-refractivity contribution in [2.75, 3.05) is 24.7 Å². The number of rotatable bonds is 10. The molecule has 0 aromatic heterocycles. The van der Waals surface area contributed by atoms with Gasteiger partial charge in [-0.2, -0.15) is 11.8 Å². The van der Waals surface area contributed by atoms with Gasteiger partial charge in [0.1, 0.15) is 12.6 Å². The van der Waals surface area contributed by atoms with E-state index in [0.29, 0.717) is 17.5 Å². The largest absolute Gasteiger partial charge is 0.480 e. The SMILES string of the molecule is CCC1CCCCN1C(=O)CSCCC(NC(=O)OCC1c2ccccc2-c2ccccc21)C(=O)O. The van der Waals surface area contributed by atoms with Crippen molar-refractivity contribution < 1.29 is 24.2 Å². The van der Waals surface area contributed by atoms with Crippen molar-refractivity contribution in [3.8, 4) is 11.1 Å². The van der Waals surface area contributed by atoms with Crippen molar-refractivity contribution in [2.24, 2.45) is 0 Å². The molecule has 192 valence electrons. The summed E-state index contributed by atoms with van der Waals surface area (Å²) in [6.07, 6.45) is 3.69. The molecule has 1 saturated heterocycles.